The third kappa shape index (κ3) is 3.07. The van der Waals surface area contributed by atoms with Crippen LogP contribution in [0, 0.1) is 0 Å². The second-order valence-corrected chi connectivity index (χ2v) is 4.37. The van der Waals surface area contributed by atoms with Gasteiger partial charge in [0.1, 0.15) is 12.3 Å². The second kappa shape index (κ2) is 6.72. The summed E-state index contributed by atoms with van der Waals surface area (Å²) in [6, 6.07) is 6.88. The lowest BCUT2D eigenvalue weighted by atomic mass is 10.3. The van der Waals surface area contributed by atoms with Gasteiger partial charge in [-0.25, -0.2) is 5.84 Å². The zero-order valence-corrected chi connectivity index (χ0v) is 12.0. The van der Waals surface area contributed by atoms with E-state index < -0.39 is 17.0 Å². The van der Waals surface area contributed by atoms with E-state index in [0.29, 0.717) is 18.0 Å². The molecule has 0 aliphatic carbocycles. The minimum absolute atomic E-state index is 0.321. The molecule has 1 heterocycles. The Morgan fingerprint density at radius 3 is 2.64 bits per heavy atom. The van der Waals surface area contributed by atoms with Gasteiger partial charge in [-0.2, -0.15) is 0 Å². The zero-order valence-electron chi connectivity index (χ0n) is 12.0. The summed E-state index contributed by atoms with van der Waals surface area (Å²) >= 11 is 0. The normalized spacial score (nSPS) is 10.3. The summed E-state index contributed by atoms with van der Waals surface area (Å²) < 4.78 is 7.62. The van der Waals surface area contributed by atoms with Crippen molar-refractivity contribution in [2.45, 2.75) is 13.5 Å². The molecule has 116 valence electrons. The molecule has 1 amide bonds. The quantitative estimate of drug-likeness (QED) is 0.331. The number of hydrogen-bond acceptors (Lipinski definition) is 5. The maximum Gasteiger partial charge on any atom is 0.321 e. The van der Waals surface area contributed by atoms with Gasteiger partial charge in [0, 0.05) is 12.4 Å². The van der Waals surface area contributed by atoms with E-state index in [4.69, 9.17) is 10.6 Å². The van der Waals surface area contributed by atoms with Gasteiger partial charge in [-0.15, -0.1) is 0 Å². The summed E-state index contributed by atoms with van der Waals surface area (Å²) in [5.41, 5.74) is 0.765. The Balaban J connectivity index is 2.51. The summed E-state index contributed by atoms with van der Waals surface area (Å²) in [5.74, 6) is 4.88. The molecule has 0 fully saturated rings. The Bertz CT molecular complexity index is 794. The van der Waals surface area contributed by atoms with Crippen molar-refractivity contribution in [3.05, 3.63) is 57.4 Å². The molecule has 2 rings (SSSR count). The molecule has 0 aliphatic rings. The van der Waals surface area contributed by atoms with Crippen LogP contribution in [-0.2, 0) is 11.3 Å². The predicted octanol–water partition coefficient (Wildman–Crippen LogP) is -0.612. The predicted molar refractivity (Wildman–Crippen MR) is 79.8 cm³/mol. The van der Waals surface area contributed by atoms with Gasteiger partial charge in [0.25, 0.3) is 5.91 Å². The van der Waals surface area contributed by atoms with E-state index in [1.54, 1.807) is 24.3 Å². The fourth-order valence-electron chi connectivity index (χ4n) is 1.96. The third-order valence-electron chi connectivity index (χ3n) is 2.96. The molecule has 0 saturated heterocycles. The molecule has 1 aromatic carbocycles. The number of hydrogen-bond donors (Lipinski definition) is 2. The molecule has 2 aromatic rings. The van der Waals surface area contributed by atoms with E-state index in [2.05, 4.69) is 0 Å². The molecule has 22 heavy (non-hydrogen) atoms. The van der Waals surface area contributed by atoms with Gasteiger partial charge in [0.05, 0.1) is 12.3 Å². The average molecular weight is 304 g/mol. The lowest BCUT2D eigenvalue weighted by molar-refractivity contribution is -0.121. The number of benzene rings is 1. The first-order valence-corrected chi connectivity index (χ1v) is 6.62. The molecule has 0 spiro atoms. The Morgan fingerprint density at radius 2 is 1.95 bits per heavy atom. The Labute approximate surface area is 125 Å². The highest BCUT2D eigenvalue weighted by Gasteiger charge is 2.12. The van der Waals surface area contributed by atoms with Gasteiger partial charge < -0.3 is 4.74 Å². The number of carbonyl (C=O) groups is 1. The van der Waals surface area contributed by atoms with Crippen molar-refractivity contribution in [1.82, 2.24) is 14.6 Å². The van der Waals surface area contributed by atoms with Crippen LogP contribution < -0.4 is 27.1 Å². The number of hydrazine groups is 1. The van der Waals surface area contributed by atoms with Crippen molar-refractivity contribution in [1.29, 1.82) is 0 Å². The lowest BCUT2D eigenvalue weighted by Crippen LogP contribution is -2.43. The number of nitrogens with zero attached hydrogens (tertiary/aromatic N) is 2. The highest BCUT2D eigenvalue weighted by Crippen LogP contribution is 2.20. The molecule has 0 saturated carbocycles. The molecule has 0 unspecified atom stereocenters. The number of amides is 1. The van der Waals surface area contributed by atoms with E-state index >= 15 is 0 Å². The fourth-order valence-corrected chi connectivity index (χ4v) is 1.96. The summed E-state index contributed by atoms with van der Waals surface area (Å²) in [7, 11) is 0. The van der Waals surface area contributed by atoms with E-state index in [1.165, 1.54) is 17.0 Å². The maximum absolute atomic E-state index is 12.2. The van der Waals surface area contributed by atoms with Crippen LogP contribution in [0.1, 0.15) is 6.92 Å². The Kier molecular flexibility index (Phi) is 4.74. The van der Waals surface area contributed by atoms with E-state index in [-0.39, 0.29) is 6.54 Å². The molecule has 8 heteroatoms. The summed E-state index contributed by atoms with van der Waals surface area (Å²) in [5, 5.41) is 0. The summed E-state index contributed by atoms with van der Waals surface area (Å²) in [6.07, 6.45) is 2.76. The van der Waals surface area contributed by atoms with Crippen molar-refractivity contribution in [3.8, 4) is 11.4 Å². The SMILES string of the molecule is CCOc1ccccc1-n1ccn(CC(=O)NN)c(=O)c1=O. The molecular formula is C14H16N4O4. The molecule has 8 nitrogen and oxygen atoms in total. The smallest absolute Gasteiger partial charge is 0.321 e. The highest BCUT2D eigenvalue weighted by atomic mass is 16.5. The number of ether oxygens (including phenoxy) is 1. The lowest BCUT2D eigenvalue weighted by Gasteiger charge is -2.12. The van der Waals surface area contributed by atoms with Crippen molar-refractivity contribution in [2.24, 2.45) is 5.84 Å². The van der Waals surface area contributed by atoms with Crippen LogP contribution >= 0.6 is 0 Å². The minimum Gasteiger partial charge on any atom is -0.492 e. The number of aromatic nitrogens is 2. The first kappa shape index (κ1) is 15.5. The van der Waals surface area contributed by atoms with Crippen LogP contribution in [0.2, 0.25) is 0 Å². The maximum atomic E-state index is 12.2. The molecule has 3 N–H and O–H groups in total. The van der Waals surface area contributed by atoms with Crippen LogP contribution in [0.15, 0.2) is 46.2 Å². The van der Waals surface area contributed by atoms with E-state index in [0.717, 1.165) is 4.57 Å². The monoisotopic (exact) mass is 304 g/mol. The Morgan fingerprint density at radius 1 is 1.23 bits per heavy atom. The van der Waals surface area contributed by atoms with Crippen molar-refractivity contribution < 1.29 is 9.53 Å². The van der Waals surface area contributed by atoms with Gasteiger partial charge in [-0.3, -0.25) is 28.9 Å². The molecule has 0 aliphatic heterocycles. The van der Waals surface area contributed by atoms with E-state index in [1.807, 2.05) is 12.3 Å². The number of carbonyl (C=O) groups excluding carboxylic acids is 1. The largest absolute Gasteiger partial charge is 0.492 e. The van der Waals surface area contributed by atoms with E-state index in [9.17, 15) is 14.4 Å². The van der Waals surface area contributed by atoms with Gasteiger partial charge >= 0.3 is 11.1 Å². The zero-order chi connectivity index (χ0) is 16.1. The highest BCUT2D eigenvalue weighted by molar-refractivity contribution is 5.74. The molecular weight excluding hydrogens is 288 g/mol. The topological polar surface area (TPSA) is 108 Å². The van der Waals surface area contributed by atoms with Gasteiger partial charge in [-0.05, 0) is 19.1 Å². The number of nitrogens with one attached hydrogen (secondary N) is 1. The minimum atomic E-state index is -0.822. The molecule has 1 aromatic heterocycles. The average Bonchev–Trinajstić information content (AvgIpc) is 2.53. The van der Waals surface area contributed by atoms with Crippen LogP contribution in [-0.4, -0.2) is 21.6 Å². The molecule has 0 atom stereocenters. The number of rotatable bonds is 5. The number of nitrogens with two attached hydrogens (primary N) is 1. The van der Waals surface area contributed by atoms with Crippen molar-refractivity contribution in [3.63, 3.8) is 0 Å². The first-order chi connectivity index (χ1) is 10.6. The standard InChI is InChI=1S/C14H16N4O4/c1-2-22-11-6-4-3-5-10(11)18-8-7-17(9-12(19)16-15)13(20)14(18)21/h3-8H,2,9,15H2,1H3,(H,16,19). The summed E-state index contributed by atoms with van der Waals surface area (Å²) in [6.45, 7) is 1.93. The fraction of sp³-hybridized carbons (Fsp3) is 0.214. The van der Waals surface area contributed by atoms with Crippen LogP contribution in [0.3, 0.4) is 0 Å². The first-order valence-electron chi connectivity index (χ1n) is 6.62. The molecule has 0 bridgehead atoms. The third-order valence-corrected chi connectivity index (χ3v) is 2.96. The van der Waals surface area contributed by atoms with Crippen LogP contribution in [0.5, 0.6) is 5.75 Å². The molecule has 0 radical (unpaired) electrons. The van der Waals surface area contributed by atoms with Crippen LogP contribution in [0.4, 0.5) is 0 Å². The van der Waals surface area contributed by atoms with Crippen molar-refractivity contribution in [2.75, 3.05) is 6.61 Å². The second-order valence-electron chi connectivity index (χ2n) is 4.37. The van der Waals surface area contributed by atoms with Gasteiger partial charge in [-0.1, -0.05) is 12.1 Å². The van der Waals surface area contributed by atoms with Crippen LogP contribution in [0.25, 0.3) is 5.69 Å². The Hall–Kier alpha value is -2.87. The van der Waals surface area contributed by atoms with Gasteiger partial charge in [0.15, 0.2) is 0 Å². The van der Waals surface area contributed by atoms with Gasteiger partial charge in [0.2, 0.25) is 0 Å². The number of para-hydroxylation sites is 2. The summed E-state index contributed by atoms with van der Waals surface area (Å²) in [4.78, 5) is 35.5. The van der Waals surface area contributed by atoms with Crippen molar-refractivity contribution >= 4 is 5.91 Å².